The van der Waals surface area contributed by atoms with Gasteiger partial charge in [-0.25, -0.2) is 9.97 Å². The van der Waals surface area contributed by atoms with Crippen molar-refractivity contribution < 1.29 is 0 Å². The van der Waals surface area contributed by atoms with E-state index < -0.39 is 0 Å². The molecule has 0 radical (unpaired) electrons. The molecule has 0 aliphatic rings. The first-order chi connectivity index (χ1) is 12.1. The van der Waals surface area contributed by atoms with Crippen LogP contribution in [-0.2, 0) is 0 Å². The van der Waals surface area contributed by atoms with Crippen molar-refractivity contribution in [3.05, 3.63) is 69.2 Å². The summed E-state index contributed by atoms with van der Waals surface area (Å²) >= 11 is 11.2. The van der Waals surface area contributed by atoms with Gasteiger partial charge in [0.25, 0.3) is 0 Å². The fraction of sp³-hybridized carbons (Fsp3) is 0.0526. The first kappa shape index (κ1) is 16.5. The summed E-state index contributed by atoms with van der Waals surface area (Å²) in [4.78, 5) is 11.1. The predicted octanol–water partition coefficient (Wildman–Crippen LogP) is 6.83. The van der Waals surface area contributed by atoms with Gasteiger partial charge < -0.3 is 5.32 Å². The van der Waals surface area contributed by atoms with Gasteiger partial charge in [-0.3, -0.25) is 0 Å². The Morgan fingerprint density at radius 3 is 2.44 bits per heavy atom. The second-order valence-corrected chi connectivity index (χ2v) is 8.13. The molecule has 1 N–H and O–H groups in total. The Labute approximate surface area is 162 Å². The number of benzene rings is 2. The lowest BCUT2D eigenvalue weighted by Crippen LogP contribution is -1.95. The lowest BCUT2D eigenvalue weighted by Gasteiger charge is -2.09. The normalized spacial score (nSPS) is 11.0. The molecule has 0 atom stereocenters. The van der Waals surface area contributed by atoms with E-state index in [0.29, 0.717) is 0 Å². The molecule has 3 nitrogen and oxygen atoms in total. The summed E-state index contributed by atoms with van der Waals surface area (Å²) in [6.07, 6.45) is 1.60. The van der Waals surface area contributed by atoms with E-state index in [4.69, 9.17) is 11.6 Å². The molecule has 0 saturated carbocycles. The van der Waals surface area contributed by atoms with Gasteiger partial charge in [0, 0.05) is 25.6 Å². The minimum atomic E-state index is 0.727. The fourth-order valence-electron chi connectivity index (χ4n) is 2.77. The maximum absolute atomic E-state index is 6.04. The van der Waals surface area contributed by atoms with Gasteiger partial charge in [0.2, 0.25) is 0 Å². The van der Waals surface area contributed by atoms with Gasteiger partial charge in [-0.2, -0.15) is 0 Å². The lowest BCUT2D eigenvalue weighted by atomic mass is 10.0. The third kappa shape index (κ3) is 3.27. The van der Waals surface area contributed by atoms with Crippen molar-refractivity contribution in [2.75, 3.05) is 5.32 Å². The molecule has 2 heterocycles. The van der Waals surface area contributed by atoms with Crippen LogP contribution in [0.2, 0.25) is 5.02 Å². The SMILES string of the molecule is Cc1sc2ncnc(Nc3ccc(Br)cc3)c2c1-c1ccc(Cl)cc1. The second kappa shape index (κ2) is 6.75. The summed E-state index contributed by atoms with van der Waals surface area (Å²) in [5.74, 6) is 0.807. The summed E-state index contributed by atoms with van der Waals surface area (Å²) in [7, 11) is 0. The highest BCUT2D eigenvalue weighted by molar-refractivity contribution is 9.10. The summed E-state index contributed by atoms with van der Waals surface area (Å²) < 4.78 is 1.04. The molecule has 0 amide bonds. The minimum Gasteiger partial charge on any atom is -0.340 e. The van der Waals surface area contributed by atoms with Crippen molar-refractivity contribution in [1.29, 1.82) is 0 Å². The van der Waals surface area contributed by atoms with E-state index in [0.717, 1.165) is 42.3 Å². The zero-order chi connectivity index (χ0) is 17.4. The molecular weight excluding hydrogens is 418 g/mol. The van der Waals surface area contributed by atoms with Crippen molar-refractivity contribution in [3.8, 4) is 11.1 Å². The highest BCUT2D eigenvalue weighted by Crippen LogP contribution is 2.41. The van der Waals surface area contributed by atoms with Gasteiger partial charge in [0.1, 0.15) is 17.0 Å². The Hall–Kier alpha value is -1.95. The van der Waals surface area contributed by atoms with E-state index >= 15 is 0 Å². The van der Waals surface area contributed by atoms with Crippen molar-refractivity contribution in [3.63, 3.8) is 0 Å². The zero-order valence-electron chi connectivity index (χ0n) is 13.3. The molecule has 0 spiro atoms. The van der Waals surface area contributed by atoms with Gasteiger partial charge in [0.05, 0.1) is 5.39 Å². The van der Waals surface area contributed by atoms with Crippen LogP contribution in [0.3, 0.4) is 0 Å². The number of fused-ring (bicyclic) bond motifs is 1. The van der Waals surface area contributed by atoms with Crippen LogP contribution in [0, 0.1) is 6.92 Å². The standard InChI is InChI=1S/C19H13BrClN3S/c1-11-16(12-2-6-14(21)7-3-12)17-18(22-10-23-19(17)25-11)24-15-8-4-13(20)5-9-15/h2-10H,1H3,(H,22,23,24). The van der Waals surface area contributed by atoms with Gasteiger partial charge in [-0.05, 0) is 48.9 Å². The van der Waals surface area contributed by atoms with Crippen LogP contribution >= 0.6 is 38.9 Å². The molecule has 25 heavy (non-hydrogen) atoms. The Balaban J connectivity index is 1.87. The number of thiophene rings is 1. The van der Waals surface area contributed by atoms with Crippen LogP contribution in [0.15, 0.2) is 59.3 Å². The highest BCUT2D eigenvalue weighted by Gasteiger charge is 2.16. The molecule has 124 valence electrons. The number of hydrogen-bond donors (Lipinski definition) is 1. The largest absolute Gasteiger partial charge is 0.340 e. The van der Waals surface area contributed by atoms with E-state index in [1.54, 1.807) is 17.7 Å². The van der Waals surface area contributed by atoms with Crippen LogP contribution < -0.4 is 5.32 Å². The van der Waals surface area contributed by atoms with Gasteiger partial charge in [-0.15, -0.1) is 11.3 Å². The summed E-state index contributed by atoms with van der Waals surface area (Å²) in [5.41, 5.74) is 3.24. The first-order valence-corrected chi connectivity index (χ1v) is 9.63. The van der Waals surface area contributed by atoms with E-state index in [2.05, 4.69) is 38.1 Å². The average molecular weight is 431 g/mol. The van der Waals surface area contributed by atoms with Crippen LogP contribution in [0.5, 0.6) is 0 Å². The molecule has 6 heteroatoms. The molecule has 0 saturated heterocycles. The third-order valence-corrected chi connectivity index (χ3v) is 5.70. The van der Waals surface area contributed by atoms with Crippen molar-refractivity contribution in [2.45, 2.75) is 6.92 Å². The van der Waals surface area contributed by atoms with E-state index in [1.165, 1.54) is 4.88 Å². The number of halogens is 2. The number of nitrogens with zero attached hydrogens (tertiary/aromatic N) is 2. The van der Waals surface area contributed by atoms with Crippen molar-refractivity contribution >= 4 is 60.6 Å². The number of anilines is 2. The minimum absolute atomic E-state index is 0.727. The quantitative estimate of drug-likeness (QED) is 0.387. The van der Waals surface area contributed by atoms with E-state index in [-0.39, 0.29) is 0 Å². The summed E-state index contributed by atoms with van der Waals surface area (Å²) in [6, 6.07) is 15.9. The van der Waals surface area contributed by atoms with Crippen LogP contribution in [0.25, 0.3) is 21.3 Å². The average Bonchev–Trinajstić information content (AvgIpc) is 2.95. The number of aromatic nitrogens is 2. The number of aryl methyl sites for hydroxylation is 1. The topological polar surface area (TPSA) is 37.8 Å². The molecule has 2 aromatic heterocycles. The Kier molecular flexibility index (Phi) is 4.46. The van der Waals surface area contributed by atoms with Gasteiger partial charge >= 0.3 is 0 Å². The Morgan fingerprint density at radius 2 is 1.72 bits per heavy atom. The maximum atomic E-state index is 6.04. The van der Waals surface area contributed by atoms with Crippen molar-refractivity contribution in [1.82, 2.24) is 9.97 Å². The van der Waals surface area contributed by atoms with Crippen molar-refractivity contribution in [2.24, 2.45) is 0 Å². The summed E-state index contributed by atoms with van der Waals surface area (Å²) in [6.45, 7) is 2.11. The van der Waals surface area contributed by atoms with E-state index in [9.17, 15) is 0 Å². The summed E-state index contributed by atoms with van der Waals surface area (Å²) in [5, 5.41) is 5.18. The molecule has 0 fully saturated rings. The molecule has 2 aromatic carbocycles. The Bertz CT molecular complexity index is 1040. The van der Waals surface area contributed by atoms with Gasteiger partial charge in [-0.1, -0.05) is 39.7 Å². The number of rotatable bonds is 3. The maximum Gasteiger partial charge on any atom is 0.143 e. The number of nitrogens with one attached hydrogen (secondary N) is 1. The predicted molar refractivity (Wildman–Crippen MR) is 110 cm³/mol. The fourth-order valence-corrected chi connectivity index (χ4v) is 4.18. The molecule has 4 rings (SSSR count). The smallest absolute Gasteiger partial charge is 0.143 e. The monoisotopic (exact) mass is 429 g/mol. The van der Waals surface area contributed by atoms with E-state index in [1.807, 2.05) is 48.5 Å². The molecule has 0 aliphatic heterocycles. The van der Waals surface area contributed by atoms with Crippen LogP contribution in [0.1, 0.15) is 4.88 Å². The Morgan fingerprint density at radius 1 is 1.00 bits per heavy atom. The number of hydrogen-bond acceptors (Lipinski definition) is 4. The lowest BCUT2D eigenvalue weighted by molar-refractivity contribution is 1.23. The second-order valence-electron chi connectivity index (χ2n) is 5.57. The zero-order valence-corrected chi connectivity index (χ0v) is 16.4. The molecule has 4 aromatic rings. The first-order valence-electron chi connectivity index (χ1n) is 7.64. The van der Waals surface area contributed by atoms with Crippen LogP contribution in [0.4, 0.5) is 11.5 Å². The van der Waals surface area contributed by atoms with Gasteiger partial charge in [0.15, 0.2) is 0 Å². The molecule has 0 unspecified atom stereocenters. The van der Waals surface area contributed by atoms with Crippen LogP contribution in [-0.4, -0.2) is 9.97 Å². The molecule has 0 bridgehead atoms. The highest BCUT2D eigenvalue weighted by atomic mass is 79.9. The third-order valence-electron chi connectivity index (χ3n) is 3.90. The molecule has 0 aliphatic carbocycles. The molecular formula is C19H13BrClN3S.